The lowest BCUT2D eigenvalue weighted by Gasteiger charge is -2.24. The Kier molecular flexibility index (Phi) is 1.87. The summed E-state index contributed by atoms with van der Waals surface area (Å²) in [5.74, 6) is 3.83. The molecule has 0 aromatic rings. The standard InChI is InChI=1S/C14H20/c1-3-9-5-12-11-7-10(4-2)13(8-11)14(12)6-9/h5,7,11-14H,3-4,6,8H2,1-2H3. The van der Waals surface area contributed by atoms with Crippen LogP contribution in [0.2, 0.25) is 0 Å². The van der Waals surface area contributed by atoms with E-state index in [1.165, 1.54) is 25.7 Å². The molecule has 76 valence electrons. The molecular weight excluding hydrogens is 168 g/mol. The summed E-state index contributed by atoms with van der Waals surface area (Å²) in [5.41, 5.74) is 3.52. The van der Waals surface area contributed by atoms with Crippen molar-refractivity contribution in [1.82, 2.24) is 0 Å². The average Bonchev–Trinajstić information content (AvgIpc) is 2.87. The van der Waals surface area contributed by atoms with Crippen molar-refractivity contribution >= 4 is 0 Å². The zero-order valence-corrected chi connectivity index (χ0v) is 9.29. The molecule has 3 aliphatic rings. The molecule has 3 rings (SSSR count). The van der Waals surface area contributed by atoms with Crippen LogP contribution in [0.1, 0.15) is 39.5 Å². The third kappa shape index (κ3) is 1.00. The van der Waals surface area contributed by atoms with Crippen LogP contribution >= 0.6 is 0 Å². The highest BCUT2D eigenvalue weighted by Crippen LogP contribution is 2.57. The molecule has 0 heterocycles. The lowest BCUT2D eigenvalue weighted by atomic mass is 9.80. The predicted molar refractivity (Wildman–Crippen MR) is 59.9 cm³/mol. The first-order chi connectivity index (χ1) is 6.83. The fourth-order valence-corrected chi connectivity index (χ4v) is 4.03. The second kappa shape index (κ2) is 2.98. The summed E-state index contributed by atoms with van der Waals surface area (Å²) in [7, 11) is 0. The summed E-state index contributed by atoms with van der Waals surface area (Å²) in [6, 6.07) is 0. The molecule has 0 aromatic carbocycles. The van der Waals surface area contributed by atoms with E-state index in [1.807, 2.05) is 0 Å². The molecule has 0 nitrogen and oxygen atoms in total. The van der Waals surface area contributed by atoms with Crippen LogP contribution in [0.3, 0.4) is 0 Å². The second-order valence-electron chi connectivity index (χ2n) is 5.22. The van der Waals surface area contributed by atoms with Crippen LogP contribution in [0.15, 0.2) is 23.3 Å². The van der Waals surface area contributed by atoms with Crippen LogP contribution in [-0.2, 0) is 0 Å². The lowest BCUT2D eigenvalue weighted by molar-refractivity contribution is 0.375. The van der Waals surface area contributed by atoms with Gasteiger partial charge in [-0.2, -0.15) is 0 Å². The second-order valence-corrected chi connectivity index (χ2v) is 5.22. The lowest BCUT2D eigenvalue weighted by Crippen LogP contribution is -2.16. The minimum absolute atomic E-state index is 0.920. The number of hydrogen-bond acceptors (Lipinski definition) is 0. The predicted octanol–water partition coefficient (Wildman–Crippen LogP) is 3.95. The van der Waals surface area contributed by atoms with Gasteiger partial charge in [0.05, 0.1) is 0 Å². The monoisotopic (exact) mass is 188 g/mol. The zero-order chi connectivity index (χ0) is 9.71. The van der Waals surface area contributed by atoms with Gasteiger partial charge in [-0.05, 0) is 49.4 Å². The fraction of sp³-hybridized carbons (Fsp3) is 0.714. The van der Waals surface area contributed by atoms with E-state index in [2.05, 4.69) is 26.0 Å². The van der Waals surface area contributed by atoms with Crippen LogP contribution in [0, 0.1) is 23.7 Å². The van der Waals surface area contributed by atoms with Crippen LogP contribution in [-0.4, -0.2) is 0 Å². The van der Waals surface area contributed by atoms with E-state index >= 15 is 0 Å². The Morgan fingerprint density at radius 3 is 2.79 bits per heavy atom. The molecule has 4 unspecified atom stereocenters. The topological polar surface area (TPSA) is 0 Å². The highest BCUT2D eigenvalue weighted by molar-refractivity contribution is 5.31. The van der Waals surface area contributed by atoms with E-state index in [0.29, 0.717) is 0 Å². The third-order valence-corrected chi connectivity index (χ3v) is 4.72. The van der Waals surface area contributed by atoms with Crippen molar-refractivity contribution in [2.45, 2.75) is 39.5 Å². The van der Waals surface area contributed by atoms with Crippen LogP contribution < -0.4 is 0 Å². The number of hydrogen-bond donors (Lipinski definition) is 0. The molecule has 3 aliphatic carbocycles. The highest BCUT2D eigenvalue weighted by atomic mass is 14.5. The smallest absolute Gasteiger partial charge is 0.0130 e. The van der Waals surface area contributed by atoms with E-state index in [0.717, 1.165) is 23.7 Å². The van der Waals surface area contributed by atoms with Crippen LogP contribution in [0.4, 0.5) is 0 Å². The van der Waals surface area contributed by atoms with Crippen LogP contribution in [0.5, 0.6) is 0 Å². The largest absolute Gasteiger partial charge is 0.0813 e. The first kappa shape index (κ1) is 8.76. The summed E-state index contributed by atoms with van der Waals surface area (Å²) < 4.78 is 0. The van der Waals surface area contributed by atoms with Crippen LogP contribution in [0.25, 0.3) is 0 Å². The number of rotatable bonds is 2. The molecule has 2 bridgehead atoms. The van der Waals surface area contributed by atoms with Crippen molar-refractivity contribution in [3.8, 4) is 0 Å². The molecule has 0 saturated heterocycles. The Bertz CT molecular complexity index is 308. The van der Waals surface area contributed by atoms with Gasteiger partial charge in [0.2, 0.25) is 0 Å². The zero-order valence-electron chi connectivity index (χ0n) is 9.29. The third-order valence-electron chi connectivity index (χ3n) is 4.72. The van der Waals surface area contributed by atoms with Crippen molar-refractivity contribution in [3.63, 3.8) is 0 Å². The maximum atomic E-state index is 2.61. The van der Waals surface area contributed by atoms with Crippen molar-refractivity contribution in [2.24, 2.45) is 23.7 Å². The minimum atomic E-state index is 0.920. The fourth-order valence-electron chi connectivity index (χ4n) is 4.03. The molecule has 0 aliphatic heterocycles. The van der Waals surface area contributed by atoms with Gasteiger partial charge in [0.15, 0.2) is 0 Å². The van der Waals surface area contributed by atoms with Crippen molar-refractivity contribution in [3.05, 3.63) is 23.3 Å². The van der Waals surface area contributed by atoms with Crippen molar-refractivity contribution in [1.29, 1.82) is 0 Å². The first-order valence-electron chi connectivity index (χ1n) is 6.23. The van der Waals surface area contributed by atoms with Crippen molar-refractivity contribution in [2.75, 3.05) is 0 Å². The quantitative estimate of drug-likeness (QED) is 0.576. The Labute approximate surface area is 87.1 Å². The number of fused-ring (bicyclic) bond motifs is 5. The summed E-state index contributed by atoms with van der Waals surface area (Å²) in [5, 5.41) is 0. The summed E-state index contributed by atoms with van der Waals surface area (Å²) >= 11 is 0. The highest BCUT2D eigenvalue weighted by Gasteiger charge is 2.48. The molecule has 0 heteroatoms. The molecule has 0 radical (unpaired) electrons. The van der Waals surface area contributed by atoms with Gasteiger partial charge in [0, 0.05) is 0 Å². The van der Waals surface area contributed by atoms with Gasteiger partial charge < -0.3 is 0 Å². The Balaban J connectivity index is 1.86. The van der Waals surface area contributed by atoms with E-state index in [9.17, 15) is 0 Å². The van der Waals surface area contributed by atoms with Gasteiger partial charge in [0.25, 0.3) is 0 Å². The first-order valence-corrected chi connectivity index (χ1v) is 6.23. The van der Waals surface area contributed by atoms with E-state index < -0.39 is 0 Å². The minimum Gasteiger partial charge on any atom is -0.0813 e. The molecular formula is C14H20. The summed E-state index contributed by atoms with van der Waals surface area (Å²) in [6.07, 6.45) is 10.7. The van der Waals surface area contributed by atoms with E-state index in [-0.39, 0.29) is 0 Å². The average molecular weight is 188 g/mol. The Morgan fingerprint density at radius 1 is 1.21 bits per heavy atom. The van der Waals surface area contributed by atoms with Gasteiger partial charge in [-0.15, -0.1) is 0 Å². The molecule has 0 N–H and O–H groups in total. The van der Waals surface area contributed by atoms with Gasteiger partial charge in [0.1, 0.15) is 0 Å². The molecule has 0 spiro atoms. The molecule has 1 saturated carbocycles. The van der Waals surface area contributed by atoms with Gasteiger partial charge in [-0.25, -0.2) is 0 Å². The molecule has 1 fully saturated rings. The normalized spacial score (nSPS) is 43.9. The Hall–Kier alpha value is -0.520. The molecule has 0 aromatic heterocycles. The SMILES string of the molecule is CCC1=CC2C3C=C(CC)C(C3)C2C1. The number of allylic oxidation sites excluding steroid dienone is 4. The maximum absolute atomic E-state index is 2.61. The Morgan fingerprint density at radius 2 is 2.07 bits per heavy atom. The van der Waals surface area contributed by atoms with Gasteiger partial charge in [-0.3, -0.25) is 0 Å². The molecule has 4 atom stereocenters. The van der Waals surface area contributed by atoms with E-state index in [4.69, 9.17) is 0 Å². The van der Waals surface area contributed by atoms with Gasteiger partial charge >= 0.3 is 0 Å². The summed E-state index contributed by atoms with van der Waals surface area (Å²) in [6.45, 7) is 4.63. The molecule has 0 amide bonds. The van der Waals surface area contributed by atoms with E-state index in [1.54, 1.807) is 11.1 Å². The summed E-state index contributed by atoms with van der Waals surface area (Å²) in [4.78, 5) is 0. The maximum Gasteiger partial charge on any atom is -0.0130 e. The molecule has 14 heavy (non-hydrogen) atoms. The van der Waals surface area contributed by atoms with Gasteiger partial charge in [-0.1, -0.05) is 37.1 Å². The van der Waals surface area contributed by atoms with Crippen molar-refractivity contribution < 1.29 is 0 Å².